The number of aliphatic hydroxyl groups is 1. The van der Waals surface area contributed by atoms with Gasteiger partial charge in [-0.15, -0.1) is 0 Å². The smallest absolute Gasteiger partial charge is 0.211 e. The molecule has 1 fully saturated rings. The van der Waals surface area contributed by atoms with Crippen molar-refractivity contribution in [2.75, 3.05) is 20.6 Å². The summed E-state index contributed by atoms with van der Waals surface area (Å²) in [6, 6.07) is 1.33. The van der Waals surface area contributed by atoms with Gasteiger partial charge in [0.1, 0.15) is 12.2 Å². The fourth-order valence-electron chi connectivity index (χ4n) is 4.67. The summed E-state index contributed by atoms with van der Waals surface area (Å²) in [4.78, 5) is 1.74. The molecule has 1 aromatic carbocycles. The van der Waals surface area contributed by atoms with Gasteiger partial charge in [0, 0.05) is 27.0 Å². The van der Waals surface area contributed by atoms with Gasteiger partial charge in [0.25, 0.3) is 0 Å². The second-order valence-corrected chi connectivity index (χ2v) is 6.51. The van der Waals surface area contributed by atoms with Crippen molar-refractivity contribution in [2.45, 2.75) is 36.4 Å². The van der Waals surface area contributed by atoms with E-state index in [0.717, 1.165) is 0 Å². The van der Waals surface area contributed by atoms with Gasteiger partial charge in [-0.25, -0.2) is 0 Å². The Kier molecular flexibility index (Phi) is 1.45. The molecule has 2 unspecified atom stereocenters. The predicted octanol–water partition coefficient (Wildman–Crippen LogP) is 1.50. The van der Waals surface area contributed by atoms with Gasteiger partial charge in [0.15, 0.2) is 11.5 Å². The molecule has 1 N–H and O–H groups in total. The van der Waals surface area contributed by atoms with E-state index in [1.54, 1.807) is 24.1 Å². The zero-order chi connectivity index (χ0) is 21.0. The lowest BCUT2D eigenvalue weighted by molar-refractivity contribution is -0.0453. The molecule has 5 rings (SSSR count). The number of rotatable bonds is 2. The van der Waals surface area contributed by atoms with Crippen molar-refractivity contribution < 1.29 is 22.8 Å². The van der Waals surface area contributed by atoms with Crippen molar-refractivity contribution in [3.63, 3.8) is 0 Å². The molecule has 2 heterocycles. The van der Waals surface area contributed by atoms with Gasteiger partial charge in [-0.2, -0.15) is 0 Å². The maximum absolute atomic E-state index is 9.28. The van der Waals surface area contributed by atoms with Crippen molar-refractivity contribution in [1.29, 1.82) is 1.43 Å². The van der Waals surface area contributed by atoms with Crippen molar-refractivity contribution >= 4 is 0 Å². The van der Waals surface area contributed by atoms with E-state index in [-0.39, 0.29) is 11.5 Å². The maximum Gasteiger partial charge on any atom is 0.211 e. The van der Waals surface area contributed by atoms with Gasteiger partial charge in [0.05, 0.1) is 11.2 Å². The fraction of sp³-hybridized carbons (Fsp3) is 0.556. The van der Waals surface area contributed by atoms with Gasteiger partial charge >= 0.3 is 0 Å². The van der Waals surface area contributed by atoms with E-state index in [9.17, 15) is 1.37 Å². The van der Waals surface area contributed by atoms with Crippen LogP contribution in [0.4, 0.5) is 0 Å². The molecule has 1 aromatic rings. The van der Waals surface area contributed by atoms with E-state index >= 15 is 0 Å². The minimum absolute atomic E-state index is 0.0159. The summed E-state index contributed by atoms with van der Waals surface area (Å²) in [5.41, 5.74) is 0.0744. The summed E-state index contributed by atoms with van der Waals surface area (Å²) in [5.74, 6) is -0.353. The average Bonchev–Trinajstić information content (AvgIpc) is 2.98. The van der Waals surface area contributed by atoms with Crippen LogP contribution in [0.1, 0.15) is 25.8 Å². The molecule has 0 aromatic heterocycles. The van der Waals surface area contributed by atoms with Crippen LogP contribution in [-0.2, 0) is 11.8 Å². The molecule has 4 aliphatic rings. The monoisotopic (exact) mass is 306 g/mol. The maximum atomic E-state index is 9.28. The minimum Gasteiger partial charge on any atom is -0.493 e. The molecule has 22 heavy (non-hydrogen) atoms. The van der Waals surface area contributed by atoms with Crippen LogP contribution in [0, 0.1) is 5.92 Å². The third-order valence-electron chi connectivity index (χ3n) is 5.63. The highest BCUT2D eigenvalue weighted by Gasteiger charge is 2.64. The number of benzene rings is 1. The molecule has 0 saturated carbocycles. The Morgan fingerprint density at radius 3 is 3.41 bits per heavy atom. The Labute approximate surface area is 140 Å². The summed E-state index contributed by atoms with van der Waals surface area (Å²) < 4.78 is 68.4. The van der Waals surface area contributed by atoms with E-state index < -0.39 is 43.0 Å². The van der Waals surface area contributed by atoms with E-state index in [1.807, 2.05) is 0 Å². The summed E-state index contributed by atoms with van der Waals surface area (Å²) in [6.07, 6.45) is 0.561. The Bertz CT molecular complexity index is 919. The third kappa shape index (κ3) is 1.28. The first-order valence-corrected chi connectivity index (χ1v) is 7.53. The van der Waals surface area contributed by atoms with E-state index in [4.69, 9.17) is 22.9 Å². The molecule has 0 amide bonds. The largest absolute Gasteiger partial charge is 0.493 e. The first-order valence-electron chi connectivity index (χ1n) is 10.9. The van der Waals surface area contributed by atoms with Crippen molar-refractivity contribution in [2.24, 2.45) is 5.92 Å². The van der Waals surface area contributed by atoms with Crippen molar-refractivity contribution in [3.8, 4) is 11.5 Å². The number of piperidine rings is 1. The lowest BCUT2D eigenvalue weighted by Crippen LogP contribution is -2.64. The van der Waals surface area contributed by atoms with Crippen LogP contribution in [0.2, 0.25) is 0 Å². The molecule has 5 atom stereocenters. The molecule has 2 aliphatic heterocycles. The molecule has 2 bridgehead atoms. The summed E-state index contributed by atoms with van der Waals surface area (Å²) in [6.45, 7) is 0.459. The predicted molar refractivity (Wildman–Crippen MR) is 82.5 cm³/mol. The fourth-order valence-corrected chi connectivity index (χ4v) is 4.67. The summed E-state index contributed by atoms with van der Waals surface area (Å²) in [5, 5.41) is 4.90. The van der Waals surface area contributed by atoms with Crippen LogP contribution >= 0.6 is 0 Å². The van der Waals surface area contributed by atoms with Gasteiger partial charge in [-0.1, -0.05) is 18.2 Å². The lowest BCUT2D eigenvalue weighted by atomic mass is 9.53. The molecular formula is C18H21NO3. The molecule has 116 valence electrons. The Hall–Kier alpha value is -1.52. The minimum atomic E-state index is -2.69. The number of hydrogen-bond donors (Lipinski definition) is 1. The highest BCUT2D eigenvalue weighted by Crippen LogP contribution is 2.62. The van der Waals surface area contributed by atoms with Crippen molar-refractivity contribution in [1.82, 2.24) is 4.90 Å². The molecular weight excluding hydrogens is 278 g/mol. The second-order valence-electron chi connectivity index (χ2n) is 6.51. The molecule has 1 spiro atoms. The van der Waals surface area contributed by atoms with Crippen LogP contribution in [0.5, 0.6) is 11.5 Å². The molecule has 2 aliphatic carbocycles. The van der Waals surface area contributed by atoms with Crippen LogP contribution < -0.4 is 9.47 Å². The van der Waals surface area contributed by atoms with Gasteiger partial charge in [-0.3, -0.25) is 0 Å². The van der Waals surface area contributed by atoms with Crippen LogP contribution in [0.15, 0.2) is 24.3 Å². The lowest BCUT2D eigenvalue weighted by Gasteiger charge is -2.56. The zero-order valence-electron chi connectivity index (χ0n) is 19.1. The number of methoxy groups -OCH3 is 1. The summed E-state index contributed by atoms with van der Waals surface area (Å²) in [7, 11) is -0.941. The number of hydrogen-bond acceptors (Lipinski definition) is 4. The molecule has 4 heteroatoms. The van der Waals surface area contributed by atoms with E-state index in [1.165, 1.54) is 12.1 Å². The Morgan fingerprint density at radius 2 is 2.55 bits per heavy atom. The Balaban J connectivity index is 1.84. The number of likely N-dealkylation sites (N-methyl/N-ethyl adjacent to an activating group) is 1. The molecule has 4 nitrogen and oxygen atoms in total. The standard InChI is InChI=1S/C18H21NO3/c1-19-8-7-18-11-4-5-13(20)17(18)22-16-14(21-2)6-3-10(15(16)18)9-12(11)19/h3-6,11-13,17,20H,7-9H2,1-2H3/t11-,12+,13?,17?,18-/m0/s1/i2D3,9D2,12D,20D. The first-order chi connectivity index (χ1) is 13.5. The number of ether oxygens (including phenoxy) is 2. The van der Waals surface area contributed by atoms with Crippen LogP contribution in [-0.4, -0.2) is 50.3 Å². The van der Waals surface area contributed by atoms with Gasteiger partial charge in [-0.05, 0) is 38.0 Å². The average molecular weight is 306 g/mol. The number of nitrogens with zero attached hydrogens (tertiary/aromatic N) is 1. The first kappa shape index (κ1) is 7.84. The van der Waals surface area contributed by atoms with Crippen LogP contribution in [0.25, 0.3) is 0 Å². The number of aliphatic hydroxyl groups excluding tert-OH is 1. The summed E-state index contributed by atoms with van der Waals surface area (Å²) >= 11 is 0. The molecule has 1 saturated heterocycles. The van der Waals surface area contributed by atoms with Gasteiger partial charge < -0.3 is 19.5 Å². The van der Waals surface area contributed by atoms with E-state index in [2.05, 4.69) is 0 Å². The SMILES string of the molecule is [2H]OC1C=C[C@@H]2[C@@]34CCN(C)[C@]2([2H])C([2H])([2H])c2ccc(OC([2H])([2H])[2H])c(c23)OC14. The third-order valence-corrected chi connectivity index (χ3v) is 5.63. The quantitative estimate of drug-likeness (QED) is 0.841. The topological polar surface area (TPSA) is 41.9 Å². The van der Waals surface area contributed by atoms with Crippen molar-refractivity contribution in [3.05, 3.63) is 35.4 Å². The highest BCUT2D eigenvalue weighted by atomic mass is 16.5. The number of likely N-dealkylation sites (tertiary alicyclic amines) is 1. The molecule has 0 radical (unpaired) electrons. The normalized spacial score (nSPS) is 51.9. The van der Waals surface area contributed by atoms with E-state index in [0.29, 0.717) is 24.1 Å². The van der Waals surface area contributed by atoms with Crippen LogP contribution in [0.3, 0.4) is 0 Å². The highest BCUT2D eigenvalue weighted by molar-refractivity contribution is 5.62. The Morgan fingerprint density at radius 1 is 1.59 bits per heavy atom. The second kappa shape index (κ2) is 4.06. The zero-order valence-corrected chi connectivity index (χ0v) is 12.1. The van der Waals surface area contributed by atoms with Gasteiger partial charge in [0.2, 0.25) is 1.43 Å².